The van der Waals surface area contributed by atoms with Gasteiger partial charge in [-0.2, -0.15) is 13.2 Å². The number of alkyl halides is 3. The van der Waals surface area contributed by atoms with Crippen LogP contribution in [0.1, 0.15) is 37.7 Å². The van der Waals surface area contributed by atoms with E-state index < -0.39 is 45.1 Å². The summed E-state index contributed by atoms with van der Waals surface area (Å²) in [5.41, 5.74) is 0.756. The first-order valence-corrected chi connectivity index (χ1v) is 11.6. The van der Waals surface area contributed by atoms with Crippen LogP contribution in [0.4, 0.5) is 26.3 Å². The molecule has 1 aliphatic carbocycles. The lowest BCUT2D eigenvalue weighted by Crippen LogP contribution is -2.49. The molecule has 1 aliphatic heterocycles. The van der Waals surface area contributed by atoms with Crippen LogP contribution in [0.3, 0.4) is 0 Å². The first-order valence-electron chi connectivity index (χ1n) is 10.1. The van der Waals surface area contributed by atoms with Crippen molar-refractivity contribution >= 4 is 10.0 Å². The van der Waals surface area contributed by atoms with Crippen LogP contribution in [0.2, 0.25) is 0 Å². The van der Waals surface area contributed by atoms with E-state index in [1.807, 2.05) is 4.90 Å². The Morgan fingerprint density at radius 2 is 1.74 bits per heavy atom. The summed E-state index contributed by atoms with van der Waals surface area (Å²) in [6.45, 7) is 0.226. The van der Waals surface area contributed by atoms with Crippen molar-refractivity contribution in [2.75, 3.05) is 13.1 Å². The van der Waals surface area contributed by atoms with Crippen molar-refractivity contribution < 1.29 is 34.8 Å². The number of sulfonamides is 1. The maximum Gasteiger partial charge on any atom is 0.511 e. The fraction of sp³-hybridized carbons (Fsp3) is 0.684. The number of hydrogen-bond acceptors (Lipinski definition) is 4. The number of nitrogens with one attached hydrogen (secondary N) is 1. The molecule has 1 aromatic rings. The molecule has 0 radical (unpaired) electrons. The average Bonchev–Trinajstić information content (AvgIpc) is 3.39. The van der Waals surface area contributed by atoms with Crippen molar-refractivity contribution in [3.05, 3.63) is 35.1 Å². The van der Waals surface area contributed by atoms with Crippen LogP contribution in [0.25, 0.3) is 0 Å². The molecule has 1 aromatic carbocycles. The molecular weight excluding hydrogens is 448 g/mol. The molecule has 5 nitrogen and oxygen atoms in total. The molecule has 12 heteroatoms. The molecule has 0 aromatic heterocycles. The van der Waals surface area contributed by atoms with Crippen LogP contribution in [-0.4, -0.2) is 50.0 Å². The highest BCUT2D eigenvalue weighted by Gasteiger charge is 2.47. The highest BCUT2D eigenvalue weighted by atomic mass is 32.2. The Kier molecular flexibility index (Phi) is 7.24. The van der Waals surface area contributed by atoms with Gasteiger partial charge in [-0.1, -0.05) is 0 Å². The Morgan fingerprint density at radius 3 is 2.35 bits per heavy atom. The minimum absolute atomic E-state index is 0.0224. The number of likely N-dealkylation sites (tertiary alicyclic amines) is 1. The summed E-state index contributed by atoms with van der Waals surface area (Å²) in [6, 6.07) is 0.152. The molecule has 31 heavy (non-hydrogen) atoms. The normalized spacial score (nSPS) is 22.6. The van der Waals surface area contributed by atoms with Crippen LogP contribution < -0.4 is 10.5 Å². The van der Waals surface area contributed by atoms with E-state index in [-0.39, 0.29) is 30.5 Å². The third-order valence-corrected chi connectivity index (χ3v) is 7.10. The van der Waals surface area contributed by atoms with E-state index in [4.69, 9.17) is 5.73 Å². The molecular formula is C19H25F6N3O2S. The highest BCUT2D eigenvalue weighted by Crippen LogP contribution is 2.40. The molecule has 3 atom stereocenters. The Labute approximate surface area is 177 Å². The average molecular weight is 473 g/mol. The Morgan fingerprint density at radius 1 is 1.10 bits per heavy atom. The molecule has 1 saturated carbocycles. The van der Waals surface area contributed by atoms with Gasteiger partial charge in [0.2, 0.25) is 0 Å². The monoisotopic (exact) mass is 473 g/mol. The molecule has 1 saturated heterocycles. The van der Waals surface area contributed by atoms with Gasteiger partial charge in [-0.15, -0.1) is 0 Å². The van der Waals surface area contributed by atoms with Crippen molar-refractivity contribution in [3.8, 4) is 0 Å². The molecule has 2 unspecified atom stereocenters. The molecule has 176 valence electrons. The van der Waals surface area contributed by atoms with E-state index in [0.29, 0.717) is 31.9 Å². The first-order chi connectivity index (χ1) is 14.4. The molecule has 3 rings (SSSR count). The molecule has 0 amide bonds. The van der Waals surface area contributed by atoms with Crippen LogP contribution in [0.15, 0.2) is 12.1 Å². The fourth-order valence-electron chi connectivity index (χ4n) is 4.28. The second-order valence-electron chi connectivity index (χ2n) is 8.29. The Balaban J connectivity index is 1.65. The largest absolute Gasteiger partial charge is 0.511 e. The highest BCUT2D eigenvalue weighted by molar-refractivity contribution is 7.90. The summed E-state index contributed by atoms with van der Waals surface area (Å²) >= 11 is 0. The van der Waals surface area contributed by atoms with Gasteiger partial charge in [-0.05, 0) is 62.6 Å². The SMILES string of the molecule is N[C@H](Cc1cc(F)c(F)cc1F)CC(C1CC1)N1CCCC1CNS(=O)(=O)C(F)(F)F. The lowest BCUT2D eigenvalue weighted by Gasteiger charge is -2.35. The maximum atomic E-state index is 13.9. The van der Waals surface area contributed by atoms with Crippen LogP contribution in [0.5, 0.6) is 0 Å². The summed E-state index contributed by atoms with van der Waals surface area (Å²) < 4.78 is 103. The molecule has 3 N–H and O–H groups in total. The first kappa shape index (κ1) is 24.3. The predicted octanol–water partition coefficient (Wildman–Crippen LogP) is 3.05. The minimum Gasteiger partial charge on any atom is -0.327 e. The van der Waals surface area contributed by atoms with E-state index in [9.17, 15) is 34.8 Å². The van der Waals surface area contributed by atoms with Gasteiger partial charge in [0.1, 0.15) is 5.82 Å². The van der Waals surface area contributed by atoms with E-state index in [2.05, 4.69) is 0 Å². The standard InChI is InChI=1S/C19H25F6N3O2S/c20-15-9-17(22)16(21)7-12(15)6-13(26)8-18(11-3-4-11)28-5-1-2-14(28)10-27-31(29,30)19(23,24)25/h7,9,11,13-14,18,27H,1-6,8,10,26H2/t13-,14?,18?/m1/s1. The number of rotatable bonds is 9. The van der Waals surface area contributed by atoms with Gasteiger partial charge in [0.25, 0.3) is 0 Å². The smallest absolute Gasteiger partial charge is 0.327 e. The van der Waals surface area contributed by atoms with Gasteiger partial charge in [0, 0.05) is 30.7 Å². The lowest BCUT2D eigenvalue weighted by atomic mass is 9.95. The molecule has 2 fully saturated rings. The van der Waals surface area contributed by atoms with Crippen molar-refractivity contribution in [1.82, 2.24) is 9.62 Å². The zero-order chi connectivity index (χ0) is 23.0. The van der Waals surface area contributed by atoms with Gasteiger partial charge in [-0.25, -0.2) is 26.3 Å². The number of benzene rings is 1. The second-order valence-corrected chi connectivity index (χ2v) is 10.1. The van der Waals surface area contributed by atoms with Crippen LogP contribution in [0, 0.1) is 23.4 Å². The summed E-state index contributed by atoms with van der Waals surface area (Å²) in [4.78, 5) is 1.98. The van der Waals surface area contributed by atoms with Crippen LogP contribution in [-0.2, 0) is 16.4 Å². The Bertz CT molecular complexity index is 891. The molecule has 0 spiro atoms. The third-order valence-electron chi connectivity index (χ3n) is 5.94. The van der Waals surface area contributed by atoms with E-state index >= 15 is 0 Å². The number of halogens is 6. The third kappa shape index (κ3) is 5.91. The van der Waals surface area contributed by atoms with Gasteiger partial charge < -0.3 is 5.73 Å². The molecule has 2 aliphatic rings. The van der Waals surface area contributed by atoms with Gasteiger partial charge >= 0.3 is 15.5 Å². The summed E-state index contributed by atoms with van der Waals surface area (Å²) in [5, 5.41) is 0. The molecule has 0 bridgehead atoms. The quantitative estimate of drug-likeness (QED) is 0.427. The fourth-order valence-corrected chi connectivity index (χ4v) is 4.85. The van der Waals surface area contributed by atoms with Crippen molar-refractivity contribution in [2.45, 2.75) is 62.2 Å². The zero-order valence-electron chi connectivity index (χ0n) is 16.6. The zero-order valence-corrected chi connectivity index (χ0v) is 17.5. The summed E-state index contributed by atoms with van der Waals surface area (Å²) in [7, 11) is -5.42. The number of nitrogens with zero attached hydrogens (tertiary/aromatic N) is 1. The van der Waals surface area contributed by atoms with Crippen molar-refractivity contribution in [3.63, 3.8) is 0 Å². The number of nitrogens with two attached hydrogens (primary N) is 1. The van der Waals surface area contributed by atoms with Gasteiger partial charge in [0.15, 0.2) is 11.6 Å². The van der Waals surface area contributed by atoms with Crippen LogP contribution >= 0.6 is 0 Å². The van der Waals surface area contributed by atoms with Crippen molar-refractivity contribution in [2.24, 2.45) is 11.7 Å². The predicted molar refractivity (Wildman–Crippen MR) is 102 cm³/mol. The lowest BCUT2D eigenvalue weighted by molar-refractivity contribution is -0.0449. The molecule has 1 heterocycles. The van der Waals surface area contributed by atoms with Crippen molar-refractivity contribution in [1.29, 1.82) is 0 Å². The number of hydrogen-bond donors (Lipinski definition) is 2. The second kappa shape index (κ2) is 9.24. The summed E-state index contributed by atoms with van der Waals surface area (Å²) in [5.74, 6) is -3.08. The Hall–Kier alpha value is -1.37. The maximum absolute atomic E-state index is 13.9. The minimum atomic E-state index is -5.42. The summed E-state index contributed by atoms with van der Waals surface area (Å²) in [6.07, 6.45) is 3.42. The van der Waals surface area contributed by atoms with Gasteiger partial charge in [0.05, 0.1) is 0 Å². The van der Waals surface area contributed by atoms with E-state index in [0.717, 1.165) is 18.9 Å². The van der Waals surface area contributed by atoms with E-state index in [1.165, 1.54) is 0 Å². The van der Waals surface area contributed by atoms with E-state index in [1.54, 1.807) is 4.72 Å². The van der Waals surface area contributed by atoms with Gasteiger partial charge in [-0.3, -0.25) is 4.90 Å². The topological polar surface area (TPSA) is 75.4 Å².